The fourth-order valence-corrected chi connectivity index (χ4v) is 9.10. The third kappa shape index (κ3) is 4.90. The number of fused-ring (bicyclic) bond motifs is 9. The SMILES string of the molecule is Cc1ccc2c(c1)c1ccccc1n2-c1cc(-n2c3ccccc3c3cc(-n4c5ccccc5c5ccccc54)ccc32)nc(-c2ccc(-c3ccccc3)cc2)n1. The van der Waals surface area contributed by atoms with E-state index in [4.69, 9.17) is 9.97 Å². The molecule has 4 heterocycles. The van der Waals surface area contributed by atoms with Crippen molar-refractivity contribution in [3.8, 4) is 39.8 Å². The minimum atomic E-state index is 0.665. The first-order valence-corrected chi connectivity index (χ1v) is 19.8. The predicted octanol–water partition coefficient (Wildman–Crippen LogP) is 13.4. The second-order valence-corrected chi connectivity index (χ2v) is 15.1. The normalized spacial score (nSPS) is 11.9. The van der Waals surface area contributed by atoms with E-state index < -0.39 is 0 Å². The summed E-state index contributed by atoms with van der Waals surface area (Å²) in [5, 5.41) is 7.23. The summed E-state index contributed by atoms with van der Waals surface area (Å²) in [4.78, 5) is 10.8. The molecule has 5 heteroatoms. The molecule has 0 bridgehead atoms. The van der Waals surface area contributed by atoms with Crippen LogP contribution in [0.2, 0.25) is 0 Å². The van der Waals surface area contributed by atoms with Gasteiger partial charge in [0.25, 0.3) is 0 Å². The molecule has 0 atom stereocenters. The Labute approximate surface area is 334 Å². The van der Waals surface area contributed by atoms with Crippen molar-refractivity contribution in [2.45, 2.75) is 6.92 Å². The van der Waals surface area contributed by atoms with Gasteiger partial charge in [-0.3, -0.25) is 9.13 Å². The lowest BCUT2D eigenvalue weighted by Crippen LogP contribution is -2.06. The third-order valence-corrected chi connectivity index (χ3v) is 11.7. The second kappa shape index (κ2) is 12.6. The Balaban J connectivity index is 1.12. The van der Waals surface area contributed by atoms with Crippen LogP contribution in [0.25, 0.3) is 105 Å². The third-order valence-electron chi connectivity index (χ3n) is 11.7. The van der Waals surface area contributed by atoms with E-state index in [-0.39, 0.29) is 0 Å². The molecule has 0 saturated carbocycles. The van der Waals surface area contributed by atoms with Crippen molar-refractivity contribution in [1.82, 2.24) is 23.7 Å². The van der Waals surface area contributed by atoms with Crippen molar-refractivity contribution in [2.75, 3.05) is 0 Å². The molecule has 5 nitrogen and oxygen atoms in total. The van der Waals surface area contributed by atoms with Crippen molar-refractivity contribution < 1.29 is 0 Å². The molecule has 0 N–H and O–H groups in total. The molecule has 0 aliphatic carbocycles. The van der Waals surface area contributed by atoms with Crippen molar-refractivity contribution in [3.63, 3.8) is 0 Å². The van der Waals surface area contributed by atoms with E-state index in [1.54, 1.807) is 0 Å². The van der Waals surface area contributed by atoms with E-state index in [1.165, 1.54) is 49.1 Å². The lowest BCUT2D eigenvalue weighted by molar-refractivity contribution is 0.994. The largest absolute Gasteiger partial charge is 0.309 e. The molecule has 0 saturated heterocycles. The average molecular weight is 742 g/mol. The molecule has 0 radical (unpaired) electrons. The number of aryl methyl sites for hydroxylation is 1. The first-order valence-electron chi connectivity index (χ1n) is 19.8. The van der Waals surface area contributed by atoms with Gasteiger partial charge in [0.15, 0.2) is 5.82 Å². The van der Waals surface area contributed by atoms with Gasteiger partial charge in [-0.15, -0.1) is 0 Å². The quantitative estimate of drug-likeness (QED) is 0.176. The Kier molecular flexibility index (Phi) is 7.07. The van der Waals surface area contributed by atoms with Crippen LogP contribution in [0.4, 0.5) is 0 Å². The predicted molar refractivity (Wildman–Crippen MR) is 241 cm³/mol. The zero-order valence-corrected chi connectivity index (χ0v) is 31.7. The summed E-state index contributed by atoms with van der Waals surface area (Å²) >= 11 is 0. The summed E-state index contributed by atoms with van der Waals surface area (Å²) in [7, 11) is 0. The number of hydrogen-bond donors (Lipinski definition) is 0. The summed E-state index contributed by atoms with van der Waals surface area (Å²) < 4.78 is 7.00. The van der Waals surface area contributed by atoms with Crippen molar-refractivity contribution in [1.29, 1.82) is 0 Å². The van der Waals surface area contributed by atoms with Gasteiger partial charge in [0.2, 0.25) is 0 Å². The van der Waals surface area contributed by atoms with Gasteiger partial charge in [0.05, 0.1) is 33.1 Å². The van der Waals surface area contributed by atoms with Gasteiger partial charge in [0.1, 0.15) is 11.6 Å². The van der Waals surface area contributed by atoms with E-state index >= 15 is 0 Å². The van der Waals surface area contributed by atoms with Crippen LogP contribution >= 0.6 is 0 Å². The van der Waals surface area contributed by atoms with Crippen LogP contribution in [0.3, 0.4) is 0 Å². The highest BCUT2D eigenvalue weighted by molar-refractivity contribution is 6.13. The summed E-state index contributed by atoms with van der Waals surface area (Å²) in [6.45, 7) is 2.15. The van der Waals surface area contributed by atoms with Gasteiger partial charge in [-0.1, -0.05) is 139 Å². The molecular weight excluding hydrogens is 707 g/mol. The summed E-state index contributed by atoms with van der Waals surface area (Å²) in [5.41, 5.74) is 12.4. The Morgan fingerprint density at radius 1 is 0.310 bits per heavy atom. The van der Waals surface area contributed by atoms with E-state index in [0.717, 1.165) is 55.9 Å². The van der Waals surface area contributed by atoms with Gasteiger partial charge < -0.3 is 4.57 Å². The first kappa shape index (κ1) is 32.5. The molecule has 0 aliphatic heterocycles. The van der Waals surface area contributed by atoms with E-state index in [0.29, 0.717) is 5.82 Å². The highest BCUT2D eigenvalue weighted by Crippen LogP contribution is 2.38. The van der Waals surface area contributed by atoms with Crippen molar-refractivity contribution in [3.05, 3.63) is 200 Å². The Morgan fingerprint density at radius 3 is 1.29 bits per heavy atom. The summed E-state index contributed by atoms with van der Waals surface area (Å²) in [6.07, 6.45) is 0. The van der Waals surface area contributed by atoms with Crippen LogP contribution in [-0.4, -0.2) is 23.7 Å². The topological polar surface area (TPSA) is 40.6 Å². The number of aromatic nitrogens is 5. The Hall–Kier alpha value is -7.76. The van der Waals surface area contributed by atoms with Gasteiger partial charge in [0, 0.05) is 49.6 Å². The molecule has 272 valence electrons. The fourth-order valence-electron chi connectivity index (χ4n) is 9.10. The Bertz CT molecular complexity index is 3520. The molecule has 0 aliphatic rings. The van der Waals surface area contributed by atoms with Crippen LogP contribution in [0.1, 0.15) is 5.56 Å². The molecule has 58 heavy (non-hydrogen) atoms. The lowest BCUT2D eigenvalue weighted by atomic mass is 10.0. The number of rotatable bonds is 5. The number of para-hydroxylation sites is 4. The minimum Gasteiger partial charge on any atom is -0.309 e. The van der Waals surface area contributed by atoms with E-state index in [9.17, 15) is 0 Å². The van der Waals surface area contributed by atoms with Crippen LogP contribution in [0.15, 0.2) is 194 Å². The Morgan fingerprint density at radius 2 is 0.724 bits per heavy atom. The summed E-state index contributed by atoms with van der Waals surface area (Å²) in [6, 6.07) is 69.5. The minimum absolute atomic E-state index is 0.665. The smallest absolute Gasteiger partial charge is 0.163 e. The fraction of sp³-hybridized carbons (Fsp3) is 0.0189. The molecule has 12 aromatic rings. The standard InChI is InChI=1S/C53H35N5/c1-34-23-29-49-43(31-34)41-17-7-11-21-47(41)57(49)51-33-52(55-53(54-51)37-26-24-36(25-27-37)35-13-3-2-4-14-35)58-48-22-12-8-18-42(48)44-32-38(28-30-50(44)58)56-45-19-9-5-15-39(45)40-16-6-10-20-46(40)56/h2-33H,1H3. The van der Waals surface area contributed by atoms with E-state index in [2.05, 4.69) is 215 Å². The molecule has 8 aromatic carbocycles. The highest BCUT2D eigenvalue weighted by Gasteiger charge is 2.21. The number of benzene rings is 8. The lowest BCUT2D eigenvalue weighted by Gasteiger charge is -2.14. The number of nitrogens with zero attached hydrogens (tertiary/aromatic N) is 5. The van der Waals surface area contributed by atoms with Gasteiger partial charge in [-0.2, -0.15) is 0 Å². The van der Waals surface area contributed by atoms with Gasteiger partial charge in [-0.25, -0.2) is 9.97 Å². The van der Waals surface area contributed by atoms with Gasteiger partial charge in [-0.05, 0) is 72.6 Å². The molecule has 12 rings (SSSR count). The van der Waals surface area contributed by atoms with Crippen LogP contribution in [-0.2, 0) is 0 Å². The molecule has 0 spiro atoms. The van der Waals surface area contributed by atoms with Gasteiger partial charge >= 0.3 is 0 Å². The number of hydrogen-bond acceptors (Lipinski definition) is 2. The maximum Gasteiger partial charge on any atom is 0.163 e. The summed E-state index contributed by atoms with van der Waals surface area (Å²) in [5.74, 6) is 2.29. The maximum atomic E-state index is 5.42. The second-order valence-electron chi connectivity index (χ2n) is 15.1. The van der Waals surface area contributed by atoms with Crippen molar-refractivity contribution >= 4 is 65.4 Å². The van der Waals surface area contributed by atoms with Crippen molar-refractivity contribution in [2.24, 2.45) is 0 Å². The zero-order valence-electron chi connectivity index (χ0n) is 31.7. The van der Waals surface area contributed by atoms with Crippen LogP contribution in [0.5, 0.6) is 0 Å². The van der Waals surface area contributed by atoms with Crippen LogP contribution in [0, 0.1) is 6.92 Å². The monoisotopic (exact) mass is 741 g/mol. The molecule has 0 amide bonds. The zero-order chi connectivity index (χ0) is 38.3. The molecular formula is C53H35N5. The average Bonchev–Trinajstić information content (AvgIpc) is 3.92. The molecule has 0 fully saturated rings. The van der Waals surface area contributed by atoms with Crippen LogP contribution < -0.4 is 0 Å². The first-order chi connectivity index (χ1) is 28.7. The van der Waals surface area contributed by atoms with E-state index in [1.807, 2.05) is 0 Å². The highest BCUT2D eigenvalue weighted by atomic mass is 15.1. The molecule has 4 aromatic heterocycles. The molecule has 0 unspecified atom stereocenters. The maximum absolute atomic E-state index is 5.42.